The number of hydrogen-bond donors (Lipinski definition) is 4. The summed E-state index contributed by atoms with van der Waals surface area (Å²) in [6, 6.07) is 7.75. The van der Waals surface area contributed by atoms with Crippen LogP contribution >= 0.6 is 0 Å². The third-order valence-corrected chi connectivity index (χ3v) is 3.88. The monoisotopic (exact) mass is 300 g/mol. The van der Waals surface area contributed by atoms with Crippen molar-refractivity contribution in [3.8, 4) is 0 Å². The van der Waals surface area contributed by atoms with Gasteiger partial charge in [-0.2, -0.15) is 0 Å². The van der Waals surface area contributed by atoms with Crippen molar-refractivity contribution in [2.75, 3.05) is 5.73 Å². The predicted molar refractivity (Wildman–Crippen MR) is 81.7 cm³/mol. The fourth-order valence-corrected chi connectivity index (χ4v) is 2.81. The van der Waals surface area contributed by atoms with Crippen LogP contribution in [-0.4, -0.2) is 15.9 Å². The van der Waals surface area contributed by atoms with Crippen molar-refractivity contribution < 1.29 is 4.79 Å². The maximum atomic E-state index is 12.3. The van der Waals surface area contributed by atoms with E-state index in [0.29, 0.717) is 0 Å². The van der Waals surface area contributed by atoms with Gasteiger partial charge in [-0.05, 0) is 30.4 Å². The zero-order valence-corrected chi connectivity index (χ0v) is 11.8. The summed E-state index contributed by atoms with van der Waals surface area (Å²) >= 11 is 0. The molecule has 0 saturated carbocycles. The number of carbonyl (C=O) groups excluding carboxylic acids is 1. The summed E-state index contributed by atoms with van der Waals surface area (Å²) in [7, 11) is 0. The number of hydrogen-bond acceptors (Lipinski definition) is 4. The van der Waals surface area contributed by atoms with Crippen molar-refractivity contribution in [1.82, 2.24) is 15.3 Å². The van der Waals surface area contributed by atoms with Gasteiger partial charge in [0.25, 0.3) is 11.5 Å². The summed E-state index contributed by atoms with van der Waals surface area (Å²) in [5, 5.41) is 2.84. The number of aromatic amines is 2. The standard InChI is InChI=1S/C15H16N4O3/c16-11-12(18-15(22)19-13(11)20)14(21)17-10-7-3-5-8-4-1-2-6-9(8)10/h1-2,4,6,10H,3,5,7,16H2,(H,17,21)(H2,18,19,20,22)/t10-/m0/s1. The number of anilines is 1. The van der Waals surface area contributed by atoms with Crippen LogP contribution in [0.4, 0.5) is 5.69 Å². The average Bonchev–Trinajstić information content (AvgIpc) is 2.51. The molecule has 0 aliphatic heterocycles. The van der Waals surface area contributed by atoms with Crippen LogP contribution in [0.2, 0.25) is 0 Å². The second kappa shape index (κ2) is 5.51. The highest BCUT2D eigenvalue weighted by Crippen LogP contribution is 2.29. The van der Waals surface area contributed by atoms with Crippen molar-refractivity contribution in [1.29, 1.82) is 0 Å². The number of nitrogen functional groups attached to an aromatic ring is 1. The number of nitrogens with one attached hydrogen (secondary N) is 3. The lowest BCUT2D eigenvalue weighted by Crippen LogP contribution is -2.36. The van der Waals surface area contributed by atoms with Gasteiger partial charge in [0.15, 0.2) is 0 Å². The Morgan fingerprint density at radius 2 is 2.00 bits per heavy atom. The number of aromatic nitrogens is 2. The molecule has 1 aliphatic carbocycles. The van der Waals surface area contributed by atoms with Crippen molar-refractivity contribution in [2.45, 2.75) is 25.3 Å². The Morgan fingerprint density at radius 3 is 2.82 bits per heavy atom. The highest BCUT2D eigenvalue weighted by atomic mass is 16.2. The van der Waals surface area contributed by atoms with Gasteiger partial charge in [-0.25, -0.2) is 4.79 Å². The van der Waals surface area contributed by atoms with E-state index in [0.717, 1.165) is 24.8 Å². The highest BCUT2D eigenvalue weighted by molar-refractivity contribution is 5.97. The first-order chi connectivity index (χ1) is 10.6. The van der Waals surface area contributed by atoms with Crippen molar-refractivity contribution in [3.05, 3.63) is 61.9 Å². The van der Waals surface area contributed by atoms with E-state index in [-0.39, 0.29) is 17.4 Å². The van der Waals surface area contributed by atoms with Gasteiger partial charge in [0.05, 0.1) is 6.04 Å². The number of nitrogens with two attached hydrogens (primary N) is 1. The van der Waals surface area contributed by atoms with Gasteiger partial charge in [0, 0.05) is 0 Å². The molecule has 1 aromatic heterocycles. The van der Waals surface area contributed by atoms with E-state index >= 15 is 0 Å². The van der Waals surface area contributed by atoms with Gasteiger partial charge in [-0.1, -0.05) is 24.3 Å². The lowest BCUT2D eigenvalue weighted by Gasteiger charge is -2.26. The quantitative estimate of drug-likeness (QED) is 0.643. The minimum Gasteiger partial charge on any atom is -0.392 e. The number of H-pyrrole nitrogens is 2. The van der Waals surface area contributed by atoms with E-state index in [4.69, 9.17) is 5.73 Å². The second-order valence-electron chi connectivity index (χ2n) is 5.31. The number of benzene rings is 1. The molecule has 0 saturated heterocycles. The molecule has 22 heavy (non-hydrogen) atoms. The summed E-state index contributed by atoms with van der Waals surface area (Å²) in [5.41, 5.74) is 5.83. The zero-order chi connectivity index (χ0) is 15.7. The maximum absolute atomic E-state index is 12.3. The normalized spacial score (nSPS) is 16.8. The van der Waals surface area contributed by atoms with Crippen molar-refractivity contribution in [3.63, 3.8) is 0 Å². The Balaban J connectivity index is 1.90. The van der Waals surface area contributed by atoms with Crippen LogP contribution in [-0.2, 0) is 6.42 Å². The number of amides is 1. The van der Waals surface area contributed by atoms with Crippen LogP contribution in [0.15, 0.2) is 33.9 Å². The summed E-state index contributed by atoms with van der Waals surface area (Å²) in [4.78, 5) is 39.4. The molecular formula is C15H16N4O3. The van der Waals surface area contributed by atoms with E-state index in [1.54, 1.807) is 0 Å². The minimum absolute atomic E-state index is 0.153. The van der Waals surface area contributed by atoms with E-state index in [1.807, 2.05) is 29.2 Å². The van der Waals surface area contributed by atoms with Crippen molar-refractivity contribution in [2.24, 2.45) is 0 Å². The molecule has 3 rings (SSSR count). The predicted octanol–water partition coefficient (Wildman–Crippen LogP) is 0.453. The molecular weight excluding hydrogens is 284 g/mol. The Labute approximate surface area is 125 Å². The lowest BCUT2D eigenvalue weighted by atomic mass is 9.87. The van der Waals surface area contributed by atoms with E-state index in [9.17, 15) is 14.4 Å². The van der Waals surface area contributed by atoms with Gasteiger partial charge < -0.3 is 16.0 Å². The van der Waals surface area contributed by atoms with Gasteiger partial charge in [0.1, 0.15) is 11.4 Å². The van der Waals surface area contributed by atoms with Gasteiger partial charge in [-0.15, -0.1) is 0 Å². The molecule has 7 heteroatoms. The van der Waals surface area contributed by atoms with Crippen LogP contribution in [0.1, 0.15) is 40.5 Å². The number of aryl methyl sites for hydroxylation is 1. The largest absolute Gasteiger partial charge is 0.392 e. The first kappa shape index (κ1) is 14.1. The maximum Gasteiger partial charge on any atom is 0.326 e. The fraction of sp³-hybridized carbons (Fsp3) is 0.267. The van der Waals surface area contributed by atoms with Gasteiger partial charge >= 0.3 is 5.69 Å². The zero-order valence-electron chi connectivity index (χ0n) is 11.8. The van der Waals surface area contributed by atoms with Gasteiger partial charge in [0.2, 0.25) is 0 Å². The molecule has 1 aliphatic rings. The molecule has 2 aromatic rings. The molecule has 0 bridgehead atoms. The minimum atomic E-state index is -0.766. The van der Waals surface area contributed by atoms with E-state index in [2.05, 4.69) is 10.3 Å². The number of rotatable bonds is 2. The smallest absolute Gasteiger partial charge is 0.326 e. The first-order valence-corrected chi connectivity index (χ1v) is 7.07. The SMILES string of the molecule is Nc1c(C(=O)N[C@H]2CCCc3ccccc32)[nH]c(=O)[nH]c1=O. The molecule has 0 radical (unpaired) electrons. The van der Waals surface area contributed by atoms with Crippen LogP contribution in [0, 0.1) is 0 Å². The summed E-state index contributed by atoms with van der Waals surface area (Å²) < 4.78 is 0. The molecule has 7 nitrogen and oxygen atoms in total. The topological polar surface area (TPSA) is 121 Å². The van der Waals surface area contributed by atoms with Crippen LogP contribution in [0.25, 0.3) is 0 Å². The average molecular weight is 300 g/mol. The molecule has 0 unspecified atom stereocenters. The van der Waals surface area contributed by atoms with E-state index in [1.165, 1.54) is 5.56 Å². The Bertz CT molecular complexity index is 837. The van der Waals surface area contributed by atoms with Crippen LogP contribution in [0.5, 0.6) is 0 Å². The third kappa shape index (κ3) is 2.52. The second-order valence-corrected chi connectivity index (χ2v) is 5.31. The highest BCUT2D eigenvalue weighted by Gasteiger charge is 2.23. The Morgan fingerprint density at radius 1 is 1.23 bits per heavy atom. The number of fused-ring (bicyclic) bond motifs is 1. The Kier molecular flexibility index (Phi) is 3.54. The summed E-state index contributed by atoms with van der Waals surface area (Å²) in [6.07, 6.45) is 2.74. The Hall–Kier alpha value is -2.83. The summed E-state index contributed by atoms with van der Waals surface area (Å²) in [5.74, 6) is -0.553. The molecule has 1 atom stereocenters. The molecule has 114 valence electrons. The van der Waals surface area contributed by atoms with Crippen molar-refractivity contribution >= 4 is 11.6 Å². The van der Waals surface area contributed by atoms with E-state index < -0.39 is 17.2 Å². The molecule has 0 spiro atoms. The lowest BCUT2D eigenvalue weighted by molar-refractivity contribution is 0.0928. The van der Waals surface area contributed by atoms with Crippen LogP contribution < -0.4 is 22.3 Å². The molecule has 1 amide bonds. The summed E-state index contributed by atoms with van der Waals surface area (Å²) in [6.45, 7) is 0. The van der Waals surface area contributed by atoms with Crippen LogP contribution in [0.3, 0.4) is 0 Å². The van der Waals surface area contributed by atoms with Gasteiger partial charge in [-0.3, -0.25) is 14.6 Å². The molecule has 0 fully saturated rings. The third-order valence-electron chi connectivity index (χ3n) is 3.88. The molecule has 1 aromatic carbocycles. The fourth-order valence-electron chi connectivity index (χ4n) is 2.81. The molecule has 1 heterocycles. The molecule has 5 N–H and O–H groups in total. The number of carbonyl (C=O) groups is 1. The first-order valence-electron chi connectivity index (χ1n) is 7.07.